The van der Waals surface area contributed by atoms with Crippen molar-refractivity contribution in [1.29, 1.82) is 0 Å². The summed E-state index contributed by atoms with van der Waals surface area (Å²) in [5.41, 5.74) is 2.70. The fourth-order valence-corrected chi connectivity index (χ4v) is 5.82. The van der Waals surface area contributed by atoms with Gasteiger partial charge in [-0.25, -0.2) is 4.98 Å². The first-order valence-electron chi connectivity index (χ1n) is 10.6. The van der Waals surface area contributed by atoms with Crippen molar-refractivity contribution < 1.29 is 4.79 Å². The summed E-state index contributed by atoms with van der Waals surface area (Å²) in [6, 6.07) is 19.6. The first-order chi connectivity index (χ1) is 15.5. The van der Waals surface area contributed by atoms with Crippen LogP contribution in [0.1, 0.15) is 24.7 Å². The molecule has 4 rings (SSSR count). The lowest BCUT2D eigenvalue weighted by molar-refractivity contribution is -0.130. The van der Waals surface area contributed by atoms with Gasteiger partial charge in [-0.1, -0.05) is 72.4 Å². The van der Waals surface area contributed by atoms with E-state index in [0.29, 0.717) is 28.5 Å². The van der Waals surface area contributed by atoms with Gasteiger partial charge in [0.1, 0.15) is 10.1 Å². The number of fused-ring (bicyclic) bond motifs is 1. The van der Waals surface area contributed by atoms with Gasteiger partial charge in [0.2, 0.25) is 5.91 Å². The van der Waals surface area contributed by atoms with E-state index in [0.717, 1.165) is 16.7 Å². The van der Waals surface area contributed by atoms with Crippen molar-refractivity contribution in [1.82, 2.24) is 14.5 Å². The standard InChI is InChI=1S/C25H25N3O2S2/c1-4-28(5-2)24(30)21(18-14-10-7-11-15-18)32-25-26-22-20(23(29)27(25)3)19(16-31-22)17-12-8-6-9-13-17/h6-16,21H,4-5H2,1-3H3. The number of carbonyl (C=O) groups excluding carboxylic acids is 1. The zero-order valence-electron chi connectivity index (χ0n) is 18.3. The van der Waals surface area contributed by atoms with E-state index < -0.39 is 5.25 Å². The lowest BCUT2D eigenvalue weighted by Crippen LogP contribution is -2.34. The average Bonchev–Trinajstić information content (AvgIpc) is 3.26. The molecule has 1 unspecified atom stereocenters. The third-order valence-corrected chi connectivity index (χ3v) is 7.64. The topological polar surface area (TPSA) is 55.2 Å². The summed E-state index contributed by atoms with van der Waals surface area (Å²) in [5, 5.41) is 2.68. The molecule has 32 heavy (non-hydrogen) atoms. The van der Waals surface area contributed by atoms with Gasteiger partial charge in [-0.15, -0.1) is 11.3 Å². The van der Waals surface area contributed by atoms with Gasteiger partial charge in [0.05, 0.1) is 5.39 Å². The van der Waals surface area contributed by atoms with Crippen LogP contribution in [0.5, 0.6) is 0 Å². The van der Waals surface area contributed by atoms with E-state index in [9.17, 15) is 9.59 Å². The smallest absolute Gasteiger partial charge is 0.263 e. The lowest BCUT2D eigenvalue weighted by Gasteiger charge is -2.25. The van der Waals surface area contributed by atoms with Crippen LogP contribution in [0.2, 0.25) is 0 Å². The average molecular weight is 464 g/mol. The summed E-state index contributed by atoms with van der Waals surface area (Å²) < 4.78 is 1.57. The monoisotopic (exact) mass is 463 g/mol. The molecule has 2 heterocycles. The van der Waals surface area contributed by atoms with Gasteiger partial charge >= 0.3 is 0 Å². The quantitative estimate of drug-likeness (QED) is 0.273. The van der Waals surface area contributed by atoms with E-state index in [4.69, 9.17) is 4.98 Å². The Morgan fingerprint density at radius 3 is 2.31 bits per heavy atom. The van der Waals surface area contributed by atoms with Crippen LogP contribution in [0.25, 0.3) is 21.3 Å². The summed E-state index contributed by atoms with van der Waals surface area (Å²) in [5.74, 6) is 0.0247. The molecular weight excluding hydrogens is 438 g/mol. The highest BCUT2D eigenvalue weighted by Gasteiger charge is 2.28. The third-order valence-electron chi connectivity index (χ3n) is 5.48. The Labute approximate surface area is 195 Å². The predicted octanol–water partition coefficient (Wildman–Crippen LogP) is 5.36. The molecule has 4 aromatic rings. The lowest BCUT2D eigenvalue weighted by atomic mass is 10.1. The van der Waals surface area contributed by atoms with E-state index in [2.05, 4.69) is 0 Å². The van der Waals surface area contributed by atoms with E-state index in [1.54, 1.807) is 11.6 Å². The van der Waals surface area contributed by atoms with Gasteiger partial charge in [0, 0.05) is 31.1 Å². The molecule has 164 valence electrons. The molecule has 0 aliphatic carbocycles. The SMILES string of the molecule is CCN(CC)C(=O)C(Sc1nc2scc(-c3ccccc3)c2c(=O)n1C)c1ccccc1. The van der Waals surface area contributed by atoms with Crippen molar-refractivity contribution >= 4 is 39.2 Å². The number of nitrogens with zero attached hydrogens (tertiary/aromatic N) is 3. The van der Waals surface area contributed by atoms with Gasteiger partial charge in [-0.05, 0) is 25.0 Å². The van der Waals surface area contributed by atoms with Crippen LogP contribution in [-0.4, -0.2) is 33.4 Å². The maximum absolute atomic E-state index is 13.4. The first kappa shape index (κ1) is 22.3. The van der Waals surface area contributed by atoms with Crippen LogP contribution in [0.15, 0.2) is 76.0 Å². The largest absolute Gasteiger partial charge is 0.342 e. The van der Waals surface area contributed by atoms with Gasteiger partial charge in [-0.3, -0.25) is 14.2 Å². The molecule has 0 N–H and O–H groups in total. The Bertz CT molecular complexity index is 1280. The molecule has 0 spiro atoms. The van der Waals surface area contributed by atoms with E-state index in [1.807, 2.05) is 84.8 Å². The molecule has 0 bridgehead atoms. The van der Waals surface area contributed by atoms with Crippen molar-refractivity contribution in [3.63, 3.8) is 0 Å². The second-order valence-corrected chi connectivity index (χ2v) is 9.30. The first-order valence-corrected chi connectivity index (χ1v) is 12.3. The summed E-state index contributed by atoms with van der Waals surface area (Å²) in [6.45, 7) is 5.22. The Balaban J connectivity index is 1.79. The Morgan fingerprint density at radius 1 is 1.06 bits per heavy atom. The molecule has 1 atom stereocenters. The highest BCUT2D eigenvalue weighted by molar-refractivity contribution is 8.00. The van der Waals surface area contributed by atoms with Crippen molar-refractivity contribution in [2.75, 3.05) is 13.1 Å². The second-order valence-electron chi connectivity index (χ2n) is 7.37. The number of aromatic nitrogens is 2. The zero-order chi connectivity index (χ0) is 22.7. The maximum Gasteiger partial charge on any atom is 0.263 e. The van der Waals surface area contributed by atoms with E-state index >= 15 is 0 Å². The van der Waals surface area contributed by atoms with Gasteiger partial charge < -0.3 is 4.90 Å². The number of rotatable bonds is 7. The third kappa shape index (κ3) is 4.23. The number of hydrogen-bond acceptors (Lipinski definition) is 5. The Kier molecular flexibility index (Phi) is 6.77. The minimum Gasteiger partial charge on any atom is -0.342 e. The maximum atomic E-state index is 13.4. The van der Waals surface area contributed by atoms with Gasteiger partial charge in [-0.2, -0.15) is 0 Å². The summed E-state index contributed by atoms with van der Waals surface area (Å²) in [4.78, 5) is 34.0. The highest BCUT2D eigenvalue weighted by atomic mass is 32.2. The predicted molar refractivity (Wildman–Crippen MR) is 133 cm³/mol. The van der Waals surface area contributed by atoms with Crippen LogP contribution in [0.4, 0.5) is 0 Å². The molecule has 2 aromatic heterocycles. The fraction of sp³-hybridized carbons (Fsp3) is 0.240. The molecule has 2 aromatic carbocycles. The summed E-state index contributed by atoms with van der Waals surface area (Å²) in [7, 11) is 1.73. The van der Waals surface area contributed by atoms with Crippen LogP contribution in [-0.2, 0) is 11.8 Å². The molecule has 0 radical (unpaired) electrons. The Morgan fingerprint density at radius 2 is 1.69 bits per heavy atom. The number of benzene rings is 2. The normalized spacial score (nSPS) is 12.1. The Hall–Kier alpha value is -2.90. The molecule has 0 fully saturated rings. The highest BCUT2D eigenvalue weighted by Crippen LogP contribution is 2.37. The van der Waals surface area contributed by atoms with Gasteiger partial charge in [0.25, 0.3) is 5.56 Å². The van der Waals surface area contributed by atoms with Crippen LogP contribution < -0.4 is 5.56 Å². The summed E-state index contributed by atoms with van der Waals surface area (Å²) in [6.07, 6.45) is 0. The number of amides is 1. The van der Waals surface area contributed by atoms with Crippen LogP contribution in [0.3, 0.4) is 0 Å². The van der Waals surface area contributed by atoms with E-state index in [-0.39, 0.29) is 11.5 Å². The molecular formula is C25H25N3O2S2. The number of hydrogen-bond donors (Lipinski definition) is 0. The van der Waals surface area contributed by atoms with Crippen molar-refractivity contribution in [3.05, 3.63) is 82.0 Å². The number of thiophene rings is 1. The van der Waals surface area contributed by atoms with Crippen LogP contribution in [0, 0.1) is 0 Å². The second kappa shape index (κ2) is 9.71. The summed E-state index contributed by atoms with van der Waals surface area (Å²) >= 11 is 2.80. The molecule has 7 heteroatoms. The fourth-order valence-electron chi connectivity index (χ4n) is 3.68. The number of likely N-dealkylation sites (N-methyl/N-ethyl adjacent to an activating group) is 1. The molecule has 0 saturated heterocycles. The number of thioether (sulfide) groups is 1. The van der Waals surface area contributed by atoms with E-state index in [1.165, 1.54) is 23.1 Å². The minimum atomic E-state index is -0.472. The van der Waals surface area contributed by atoms with Gasteiger partial charge in [0.15, 0.2) is 5.16 Å². The number of carbonyl (C=O) groups is 1. The zero-order valence-corrected chi connectivity index (χ0v) is 20.0. The molecule has 0 aliphatic heterocycles. The minimum absolute atomic E-state index is 0.0247. The molecule has 1 amide bonds. The molecule has 0 saturated carbocycles. The molecule has 0 aliphatic rings. The van der Waals surface area contributed by atoms with Crippen molar-refractivity contribution in [2.24, 2.45) is 7.05 Å². The van der Waals surface area contributed by atoms with Crippen molar-refractivity contribution in [2.45, 2.75) is 24.3 Å². The van der Waals surface area contributed by atoms with Crippen LogP contribution >= 0.6 is 23.1 Å². The molecule has 5 nitrogen and oxygen atoms in total. The van der Waals surface area contributed by atoms with Crippen molar-refractivity contribution in [3.8, 4) is 11.1 Å².